The summed E-state index contributed by atoms with van der Waals surface area (Å²) in [5.41, 5.74) is 0.490. The summed E-state index contributed by atoms with van der Waals surface area (Å²) in [7, 11) is 0. The van der Waals surface area contributed by atoms with E-state index in [2.05, 4.69) is 36.8 Å². The Balaban J connectivity index is 2.50. The highest BCUT2D eigenvalue weighted by atomic mass is 79.9. The Morgan fingerprint density at radius 2 is 2.10 bits per heavy atom. The van der Waals surface area contributed by atoms with Crippen LogP contribution in [0.25, 0.3) is 0 Å². The van der Waals surface area contributed by atoms with Crippen molar-refractivity contribution >= 4 is 37.5 Å². The molecule has 5 nitrogen and oxygen atoms in total. The van der Waals surface area contributed by atoms with Crippen molar-refractivity contribution in [2.45, 2.75) is 6.92 Å². The van der Waals surface area contributed by atoms with Gasteiger partial charge in [0.1, 0.15) is 5.82 Å². The summed E-state index contributed by atoms with van der Waals surface area (Å²) in [6.45, 7) is 1.81. The number of nitro benzene ring substituents is 1. The lowest BCUT2D eigenvalue weighted by atomic mass is 10.3. The molecule has 0 atom stereocenters. The minimum atomic E-state index is -0.658. The van der Waals surface area contributed by atoms with Crippen molar-refractivity contribution in [1.29, 1.82) is 0 Å². The lowest BCUT2D eigenvalue weighted by molar-refractivity contribution is -0.385. The maximum absolute atomic E-state index is 13.5. The predicted molar refractivity (Wildman–Crippen MR) is 77.5 cm³/mol. The molecule has 0 aliphatic rings. The molecule has 8 heteroatoms. The van der Waals surface area contributed by atoms with Crippen LogP contribution < -0.4 is 4.74 Å². The molecule has 0 bridgehead atoms. The molecule has 0 saturated carbocycles. The van der Waals surface area contributed by atoms with Crippen LogP contribution in [-0.4, -0.2) is 9.91 Å². The molecular formula is C12H7Br2FN2O3. The van der Waals surface area contributed by atoms with E-state index in [1.165, 1.54) is 6.20 Å². The Labute approximate surface area is 130 Å². The van der Waals surface area contributed by atoms with Gasteiger partial charge in [-0.15, -0.1) is 0 Å². The third-order valence-corrected chi connectivity index (χ3v) is 4.03. The molecule has 0 amide bonds. The van der Waals surface area contributed by atoms with Crippen LogP contribution in [-0.2, 0) is 0 Å². The number of hydrogen-bond acceptors (Lipinski definition) is 4. The van der Waals surface area contributed by atoms with Crippen molar-refractivity contribution in [3.05, 3.63) is 54.8 Å². The van der Waals surface area contributed by atoms with Crippen LogP contribution in [0.15, 0.2) is 33.3 Å². The third kappa shape index (κ3) is 2.96. The van der Waals surface area contributed by atoms with E-state index >= 15 is 0 Å². The maximum Gasteiger partial charge on any atom is 0.312 e. The van der Waals surface area contributed by atoms with Gasteiger partial charge in [0, 0.05) is 18.3 Å². The minimum Gasteiger partial charge on any atom is -0.431 e. The van der Waals surface area contributed by atoms with Crippen molar-refractivity contribution < 1.29 is 14.1 Å². The summed E-state index contributed by atoms with van der Waals surface area (Å²) >= 11 is 6.17. The van der Waals surface area contributed by atoms with Crippen molar-refractivity contribution in [2.75, 3.05) is 0 Å². The summed E-state index contributed by atoms with van der Waals surface area (Å²) in [6, 6.07) is 3.74. The van der Waals surface area contributed by atoms with Crippen molar-refractivity contribution in [3.8, 4) is 11.6 Å². The highest BCUT2D eigenvalue weighted by molar-refractivity contribution is 9.10. The molecule has 0 aliphatic heterocycles. The van der Waals surface area contributed by atoms with Gasteiger partial charge in [0.2, 0.25) is 11.6 Å². The number of benzene rings is 1. The molecule has 104 valence electrons. The van der Waals surface area contributed by atoms with Gasteiger partial charge in [-0.1, -0.05) is 0 Å². The van der Waals surface area contributed by atoms with Crippen LogP contribution in [0.4, 0.5) is 10.1 Å². The molecule has 20 heavy (non-hydrogen) atoms. The van der Waals surface area contributed by atoms with E-state index in [-0.39, 0.29) is 21.8 Å². The number of aryl methyl sites for hydroxylation is 1. The van der Waals surface area contributed by atoms with E-state index in [9.17, 15) is 14.5 Å². The molecular weight excluding hydrogens is 399 g/mol. The Hall–Kier alpha value is -1.54. The summed E-state index contributed by atoms with van der Waals surface area (Å²) < 4.78 is 19.4. The van der Waals surface area contributed by atoms with Crippen LogP contribution >= 0.6 is 31.9 Å². The standard InChI is InChI=1S/C12H7Br2FN2O3/c1-6-2-3-16-12(11(6)14)20-10-5-8(15)7(13)4-9(10)17(18)19/h2-5H,1H3. The van der Waals surface area contributed by atoms with Gasteiger partial charge >= 0.3 is 5.69 Å². The van der Waals surface area contributed by atoms with Gasteiger partial charge < -0.3 is 4.74 Å². The Morgan fingerprint density at radius 3 is 2.75 bits per heavy atom. The molecule has 0 saturated heterocycles. The molecule has 0 radical (unpaired) electrons. The van der Waals surface area contributed by atoms with E-state index in [0.29, 0.717) is 4.47 Å². The van der Waals surface area contributed by atoms with Crippen molar-refractivity contribution in [1.82, 2.24) is 4.98 Å². The second-order valence-electron chi connectivity index (χ2n) is 3.84. The third-order valence-electron chi connectivity index (χ3n) is 2.46. The number of nitro groups is 1. The fourth-order valence-corrected chi connectivity index (χ4v) is 2.08. The SMILES string of the molecule is Cc1ccnc(Oc2cc(F)c(Br)cc2[N+](=O)[O-])c1Br. The number of aromatic nitrogens is 1. The average molecular weight is 406 g/mol. The highest BCUT2D eigenvalue weighted by Gasteiger charge is 2.21. The first-order valence-corrected chi connectivity index (χ1v) is 6.91. The van der Waals surface area contributed by atoms with Crippen molar-refractivity contribution in [2.24, 2.45) is 0 Å². The fraction of sp³-hybridized carbons (Fsp3) is 0.0833. The van der Waals surface area contributed by atoms with Gasteiger partial charge in [0.25, 0.3) is 0 Å². The lowest BCUT2D eigenvalue weighted by Gasteiger charge is -2.09. The summed E-state index contributed by atoms with van der Waals surface area (Å²) in [4.78, 5) is 14.3. The number of nitrogens with zero attached hydrogens (tertiary/aromatic N) is 2. The molecule has 1 aromatic heterocycles. The van der Waals surface area contributed by atoms with Crippen LogP contribution in [0, 0.1) is 22.9 Å². The first kappa shape index (κ1) is 14.9. The van der Waals surface area contributed by atoms with Gasteiger partial charge in [-0.2, -0.15) is 0 Å². The monoisotopic (exact) mass is 404 g/mol. The number of hydrogen-bond donors (Lipinski definition) is 0. The van der Waals surface area contributed by atoms with E-state index in [4.69, 9.17) is 4.74 Å². The predicted octanol–water partition coefficient (Wildman–Crippen LogP) is 4.75. The second kappa shape index (κ2) is 5.84. The van der Waals surface area contributed by atoms with Gasteiger partial charge in [0.05, 0.1) is 13.9 Å². The smallest absolute Gasteiger partial charge is 0.312 e. The van der Waals surface area contributed by atoms with Gasteiger partial charge in [-0.25, -0.2) is 9.37 Å². The highest BCUT2D eigenvalue weighted by Crippen LogP contribution is 2.37. The zero-order valence-electron chi connectivity index (χ0n) is 10.1. The zero-order chi connectivity index (χ0) is 14.9. The summed E-state index contributed by atoms with van der Waals surface area (Å²) in [5, 5.41) is 11.0. The normalized spacial score (nSPS) is 10.4. The van der Waals surface area contributed by atoms with E-state index in [0.717, 1.165) is 17.7 Å². The quantitative estimate of drug-likeness (QED) is 0.545. The molecule has 0 aliphatic carbocycles. The van der Waals surface area contributed by atoms with Crippen LogP contribution in [0.1, 0.15) is 5.56 Å². The number of halogens is 3. The first-order chi connectivity index (χ1) is 9.40. The fourth-order valence-electron chi connectivity index (χ4n) is 1.43. The number of rotatable bonds is 3. The minimum absolute atomic E-state index is 0.00665. The molecule has 0 spiro atoms. The second-order valence-corrected chi connectivity index (χ2v) is 5.49. The number of ether oxygens (including phenoxy) is 1. The summed E-state index contributed by atoms with van der Waals surface area (Å²) in [6.07, 6.45) is 1.50. The Morgan fingerprint density at radius 1 is 1.40 bits per heavy atom. The van der Waals surface area contributed by atoms with E-state index in [1.54, 1.807) is 6.07 Å². The Kier molecular flexibility index (Phi) is 4.34. The molecule has 0 unspecified atom stereocenters. The molecule has 2 rings (SSSR count). The van der Waals surface area contributed by atoms with Crippen LogP contribution in [0.5, 0.6) is 11.6 Å². The molecule has 0 N–H and O–H groups in total. The maximum atomic E-state index is 13.5. The lowest BCUT2D eigenvalue weighted by Crippen LogP contribution is -1.97. The molecule has 1 heterocycles. The van der Waals surface area contributed by atoms with Crippen molar-refractivity contribution in [3.63, 3.8) is 0 Å². The van der Waals surface area contributed by atoms with Crippen LogP contribution in [0.2, 0.25) is 0 Å². The first-order valence-electron chi connectivity index (χ1n) is 5.32. The molecule has 1 aromatic carbocycles. The topological polar surface area (TPSA) is 65.3 Å². The molecule has 2 aromatic rings. The Bertz CT molecular complexity index is 695. The molecule has 0 fully saturated rings. The summed E-state index contributed by atoms with van der Waals surface area (Å²) in [5.74, 6) is -0.737. The van der Waals surface area contributed by atoms with Gasteiger partial charge in [-0.3, -0.25) is 10.1 Å². The number of pyridine rings is 1. The van der Waals surface area contributed by atoms with Gasteiger partial charge in [0.15, 0.2) is 0 Å². The van der Waals surface area contributed by atoms with E-state index < -0.39 is 10.7 Å². The zero-order valence-corrected chi connectivity index (χ0v) is 13.2. The largest absolute Gasteiger partial charge is 0.431 e. The average Bonchev–Trinajstić information content (AvgIpc) is 2.38. The van der Waals surface area contributed by atoms with E-state index in [1.807, 2.05) is 6.92 Å². The van der Waals surface area contributed by atoms with Crippen LogP contribution in [0.3, 0.4) is 0 Å². The van der Waals surface area contributed by atoms with Gasteiger partial charge in [-0.05, 0) is 50.4 Å².